The lowest BCUT2D eigenvalue weighted by atomic mass is 10.1. The molecule has 7 heteroatoms. The van der Waals surface area contributed by atoms with Crippen LogP contribution in [-0.2, 0) is 16.0 Å². The van der Waals surface area contributed by atoms with Crippen LogP contribution in [0, 0.1) is 0 Å². The van der Waals surface area contributed by atoms with Gasteiger partial charge >= 0.3 is 11.9 Å². The lowest BCUT2D eigenvalue weighted by molar-refractivity contribution is -0.134. The summed E-state index contributed by atoms with van der Waals surface area (Å²) < 4.78 is 10.2. The molecule has 0 aliphatic carbocycles. The van der Waals surface area contributed by atoms with Crippen molar-refractivity contribution in [1.29, 1.82) is 0 Å². The smallest absolute Gasteiger partial charge is 0.308 e. The molecule has 0 saturated carbocycles. The van der Waals surface area contributed by atoms with Crippen LogP contribution in [0.3, 0.4) is 0 Å². The number of aliphatic imine (C=N–C) groups is 1. The van der Waals surface area contributed by atoms with Gasteiger partial charge in [0.25, 0.3) is 0 Å². The van der Waals surface area contributed by atoms with Crippen LogP contribution in [0.1, 0.15) is 19.4 Å². The summed E-state index contributed by atoms with van der Waals surface area (Å²) in [5.74, 6) is -0.420. The lowest BCUT2D eigenvalue weighted by Crippen LogP contribution is -2.26. The number of hydrogen-bond acceptors (Lipinski definition) is 7. The zero-order valence-electron chi connectivity index (χ0n) is 13.9. The van der Waals surface area contributed by atoms with E-state index >= 15 is 0 Å². The van der Waals surface area contributed by atoms with Crippen molar-refractivity contribution in [2.75, 3.05) is 19.3 Å². The molecule has 1 aliphatic rings. The third-order valence-electron chi connectivity index (χ3n) is 3.26. The van der Waals surface area contributed by atoms with Crippen molar-refractivity contribution in [1.82, 2.24) is 4.90 Å². The Balaban J connectivity index is 2.03. The Morgan fingerprint density at radius 2 is 1.92 bits per heavy atom. The van der Waals surface area contributed by atoms with Gasteiger partial charge in [-0.1, -0.05) is 6.07 Å². The molecule has 0 saturated heterocycles. The van der Waals surface area contributed by atoms with Gasteiger partial charge in [-0.2, -0.15) is 0 Å². The van der Waals surface area contributed by atoms with Crippen LogP contribution in [0.25, 0.3) is 0 Å². The van der Waals surface area contributed by atoms with E-state index in [4.69, 9.17) is 9.47 Å². The van der Waals surface area contributed by atoms with Crippen LogP contribution in [0.4, 0.5) is 0 Å². The van der Waals surface area contributed by atoms with Crippen molar-refractivity contribution in [3.8, 4) is 11.5 Å². The summed E-state index contributed by atoms with van der Waals surface area (Å²) in [7, 11) is 0. The van der Waals surface area contributed by atoms with E-state index in [9.17, 15) is 9.59 Å². The SMILES string of the molecule is CSC1=CCN(CCc2ccc(OC(C)=O)c(OC(C)=O)c2)C=N1. The molecule has 0 bridgehead atoms. The van der Waals surface area contributed by atoms with Gasteiger partial charge in [0, 0.05) is 26.9 Å². The molecule has 128 valence electrons. The Bertz CT molecular complexity index is 685. The van der Waals surface area contributed by atoms with Crippen molar-refractivity contribution in [3.63, 3.8) is 0 Å². The van der Waals surface area contributed by atoms with Crippen molar-refractivity contribution < 1.29 is 19.1 Å². The van der Waals surface area contributed by atoms with Gasteiger partial charge in [-0.15, -0.1) is 11.8 Å². The first-order valence-corrected chi connectivity index (χ1v) is 8.72. The van der Waals surface area contributed by atoms with Crippen LogP contribution in [0.15, 0.2) is 34.3 Å². The minimum absolute atomic E-state index is 0.244. The van der Waals surface area contributed by atoms with Gasteiger partial charge in [-0.05, 0) is 36.4 Å². The van der Waals surface area contributed by atoms with Gasteiger partial charge < -0.3 is 14.4 Å². The number of carbonyl (C=O) groups excluding carboxylic acids is 2. The monoisotopic (exact) mass is 348 g/mol. The quantitative estimate of drug-likeness (QED) is 0.581. The molecular formula is C17H20N2O4S. The standard InChI is InChI=1S/C17H20N2O4S/c1-12(20)22-15-5-4-14(10-16(15)23-13(2)21)6-8-19-9-7-17(24-3)18-11-19/h4-5,7,10-11H,6,8-9H2,1-3H3. The predicted molar refractivity (Wildman–Crippen MR) is 94.4 cm³/mol. The summed E-state index contributed by atoms with van der Waals surface area (Å²) in [4.78, 5) is 28.8. The molecule has 1 heterocycles. The number of nitrogens with zero attached hydrogens (tertiary/aromatic N) is 2. The van der Waals surface area contributed by atoms with Gasteiger partial charge in [-0.25, -0.2) is 4.99 Å². The number of hydrogen-bond donors (Lipinski definition) is 0. The molecule has 0 aromatic heterocycles. The summed E-state index contributed by atoms with van der Waals surface area (Å²) in [5.41, 5.74) is 0.982. The van der Waals surface area contributed by atoms with Crippen LogP contribution >= 0.6 is 11.8 Å². The molecule has 0 unspecified atom stereocenters. The number of ether oxygens (including phenoxy) is 2. The van der Waals surface area contributed by atoms with E-state index in [1.165, 1.54) is 13.8 Å². The van der Waals surface area contributed by atoms with E-state index in [1.54, 1.807) is 23.9 Å². The summed E-state index contributed by atoms with van der Waals surface area (Å²) in [6.07, 6.45) is 6.67. The Morgan fingerprint density at radius 1 is 1.21 bits per heavy atom. The van der Waals surface area contributed by atoms with E-state index in [1.807, 2.05) is 18.7 Å². The average Bonchev–Trinajstić information content (AvgIpc) is 2.54. The molecule has 0 radical (unpaired) electrons. The molecule has 1 aromatic rings. The van der Waals surface area contributed by atoms with Gasteiger partial charge in [0.05, 0.1) is 11.4 Å². The zero-order valence-corrected chi connectivity index (χ0v) is 14.8. The normalized spacial score (nSPS) is 13.5. The largest absolute Gasteiger partial charge is 0.423 e. The lowest BCUT2D eigenvalue weighted by Gasteiger charge is -2.21. The van der Waals surface area contributed by atoms with E-state index in [0.717, 1.165) is 30.1 Å². The van der Waals surface area contributed by atoms with Crippen molar-refractivity contribution in [2.45, 2.75) is 20.3 Å². The highest BCUT2D eigenvalue weighted by Gasteiger charge is 2.12. The first kappa shape index (κ1) is 18.1. The Morgan fingerprint density at radius 3 is 2.50 bits per heavy atom. The Kier molecular flexibility index (Phi) is 6.43. The molecule has 1 aliphatic heterocycles. The van der Waals surface area contributed by atoms with E-state index in [0.29, 0.717) is 0 Å². The molecule has 2 rings (SSSR count). The zero-order chi connectivity index (χ0) is 17.5. The first-order chi connectivity index (χ1) is 11.5. The predicted octanol–water partition coefficient (Wildman–Crippen LogP) is 2.63. The highest BCUT2D eigenvalue weighted by molar-refractivity contribution is 8.02. The van der Waals surface area contributed by atoms with E-state index in [2.05, 4.69) is 16.0 Å². The molecule has 6 nitrogen and oxygen atoms in total. The molecule has 0 N–H and O–H groups in total. The van der Waals surface area contributed by atoms with Crippen LogP contribution in [0.2, 0.25) is 0 Å². The Hall–Kier alpha value is -2.28. The number of carbonyl (C=O) groups is 2. The summed E-state index contributed by atoms with van der Waals surface area (Å²) in [6, 6.07) is 5.23. The number of benzene rings is 1. The van der Waals surface area contributed by atoms with E-state index in [-0.39, 0.29) is 11.5 Å². The summed E-state index contributed by atoms with van der Waals surface area (Å²) in [6.45, 7) is 4.22. The van der Waals surface area contributed by atoms with Gasteiger partial charge in [0.15, 0.2) is 11.5 Å². The second-order valence-corrected chi connectivity index (χ2v) is 6.03. The van der Waals surface area contributed by atoms with Crippen LogP contribution in [-0.4, -0.2) is 42.5 Å². The van der Waals surface area contributed by atoms with Crippen LogP contribution in [0.5, 0.6) is 11.5 Å². The maximum atomic E-state index is 11.2. The van der Waals surface area contributed by atoms with Crippen LogP contribution < -0.4 is 9.47 Å². The van der Waals surface area contributed by atoms with Gasteiger partial charge in [0.1, 0.15) is 0 Å². The maximum Gasteiger partial charge on any atom is 0.308 e. The van der Waals surface area contributed by atoms with Gasteiger partial charge in [0.2, 0.25) is 0 Å². The fourth-order valence-corrected chi connectivity index (χ4v) is 2.57. The minimum Gasteiger partial charge on any atom is -0.423 e. The highest BCUT2D eigenvalue weighted by atomic mass is 32.2. The number of thioether (sulfide) groups is 1. The third kappa shape index (κ3) is 5.42. The second kappa shape index (κ2) is 8.54. The highest BCUT2D eigenvalue weighted by Crippen LogP contribution is 2.29. The van der Waals surface area contributed by atoms with Gasteiger partial charge in [-0.3, -0.25) is 9.59 Å². The molecular weight excluding hydrogens is 328 g/mol. The van der Waals surface area contributed by atoms with Crippen molar-refractivity contribution in [3.05, 3.63) is 34.9 Å². The molecule has 0 fully saturated rings. The number of esters is 2. The molecule has 0 amide bonds. The third-order valence-corrected chi connectivity index (χ3v) is 3.95. The number of rotatable bonds is 6. The molecule has 0 atom stereocenters. The maximum absolute atomic E-state index is 11.2. The average molecular weight is 348 g/mol. The molecule has 1 aromatic carbocycles. The topological polar surface area (TPSA) is 68.2 Å². The molecule has 0 spiro atoms. The fraction of sp³-hybridized carbons (Fsp3) is 0.353. The second-order valence-electron chi connectivity index (χ2n) is 5.20. The summed E-state index contributed by atoms with van der Waals surface area (Å²) >= 11 is 1.62. The van der Waals surface area contributed by atoms with Crippen molar-refractivity contribution in [2.24, 2.45) is 4.99 Å². The minimum atomic E-state index is -0.461. The molecule has 24 heavy (non-hydrogen) atoms. The first-order valence-electron chi connectivity index (χ1n) is 7.50. The van der Waals surface area contributed by atoms with E-state index < -0.39 is 11.9 Å². The Labute approximate surface area is 145 Å². The summed E-state index contributed by atoms with van der Waals surface area (Å²) in [5, 5.41) is 1.02. The fourth-order valence-electron chi connectivity index (χ4n) is 2.17. The van der Waals surface area contributed by atoms with Crippen molar-refractivity contribution >= 4 is 30.0 Å².